The van der Waals surface area contributed by atoms with Gasteiger partial charge >= 0.3 is 5.97 Å². The summed E-state index contributed by atoms with van der Waals surface area (Å²) in [7, 11) is 1.59. The average molecular weight is 348 g/mol. The lowest BCUT2D eigenvalue weighted by molar-refractivity contribution is -0.207. The number of rotatable bonds is 1. The van der Waals surface area contributed by atoms with Crippen LogP contribution < -0.4 is 4.74 Å². The highest BCUT2D eigenvalue weighted by atomic mass is 16.6. The maximum Gasteiger partial charge on any atom is 0.315 e. The first-order valence-electron chi connectivity index (χ1n) is 8.86. The molecule has 2 aliphatic heterocycles. The van der Waals surface area contributed by atoms with Crippen LogP contribution in [-0.4, -0.2) is 18.9 Å². The maximum absolute atomic E-state index is 13.7. The molecule has 0 aromatic heterocycles. The molecule has 2 bridgehead atoms. The smallest absolute Gasteiger partial charge is 0.315 e. The van der Waals surface area contributed by atoms with Crippen LogP contribution in [0.15, 0.2) is 42.5 Å². The Kier molecular flexibility index (Phi) is 2.63. The molecule has 132 valence electrons. The second-order valence-corrected chi connectivity index (χ2v) is 8.04. The van der Waals surface area contributed by atoms with E-state index in [0.717, 1.165) is 16.7 Å². The third-order valence-corrected chi connectivity index (χ3v) is 7.38. The highest BCUT2D eigenvalue weighted by Gasteiger charge is 2.77. The molecule has 0 spiro atoms. The SMILES string of the molecule is COc1ccc2c(c1)C(=O)[C@]1(C)[C@@]3(C)OC(=O)[C@H](c4ccccc43)[C@]21C. The highest BCUT2D eigenvalue weighted by Crippen LogP contribution is 2.72. The van der Waals surface area contributed by atoms with Gasteiger partial charge in [0.15, 0.2) is 5.78 Å². The predicted octanol–water partition coefficient (Wildman–Crippen LogP) is 3.72. The number of Topliss-reactive ketones (excluding diaryl/α,β-unsaturated/α-hetero) is 1. The van der Waals surface area contributed by atoms with Gasteiger partial charge in [0.2, 0.25) is 0 Å². The second kappa shape index (κ2) is 4.37. The minimum absolute atomic E-state index is 0.0170. The molecule has 0 radical (unpaired) electrons. The molecule has 4 aliphatic rings. The molecule has 0 saturated carbocycles. The van der Waals surface area contributed by atoms with Crippen LogP contribution in [0.5, 0.6) is 5.75 Å². The number of methoxy groups -OCH3 is 1. The molecule has 1 fully saturated rings. The average Bonchev–Trinajstić information content (AvgIpc) is 2.82. The Labute approximate surface area is 152 Å². The van der Waals surface area contributed by atoms with Crippen LogP contribution in [0.25, 0.3) is 0 Å². The number of carbonyl (C=O) groups excluding carboxylic acids is 2. The van der Waals surface area contributed by atoms with E-state index in [0.29, 0.717) is 11.3 Å². The molecule has 2 aliphatic carbocycles. The Morgan fingerprint density at radius 2 is 1.73 bits per heavy atom. The molecule has 0 amide bonds. The predicted molar refractivity (Wildman–Crippen MR) is 95.4 cm³/mol. The van der Waals surface area contributed by atoms with E-state index in [1.54, 1.807) is 13.2 Å². The lowest BCUT2D eigenvalue weighted by Gasteiger charge is -2.62. The first kappa shape index (κ1) is 15.6. The number of benzene rings is 2. The van der Waals surface area contributed by atoms with Gasteiger partial charge in [-0.25, -0.2) is 0 Å². The van der Waals surface area contributed by atoms with Gasteiger partial charge in [-0.2, -0.15) is 0 Å². The lowest BCUT2D eigenvalue weighted by atomic mass is 9.44. The Hall–Kier alpha value is -2.62. The van der Waals surface area contributed by atoms with Gasteiger partial charge in [0.1, 0.15) is 11.4 Å². The molecule has 2 aromatic carbocycles. The number of carbonyl (C=O) groups is 2. The van der Waals surface area contributed by atoms with Crippen molar-refractivity contribution in [3.8, 4) is 5.75 Å². The summed E-state index contributed by atoms with van der Waals surface area (Å²) in [4.78, 5) is 26.7. The Morgan fingerprint density at radius 1 is 1.00 bits per heavy atom. The van der Waals surface area contributed by atoms with Crippen LogP contribution in [-0.2, 0) is 20.5 Å². The van der Waals surface area contributed by atoms with Crippen LogP contribution >= 0.6 is 0 Å². The summed E-state index contributed by atoms with van der Waals surface area (Å²) >= 11 is 0. The van der Waals surface area contributed by atoms with Crippen molar-refractivity contribution in [1.29, 1.82) is 0 Å². The van der Waals surface area contributed by atoms with Crippen molar-refractivity contribution in [2.45, 2.75) is 37.7 Å². The van der Waals surface area contributed by atoms with E-state index < -0.39 is 22.3 Å². The van der Waals surface area contributed by atoms with Crippen LogP contribution in [0.1, 0.15) is 53.7 Å². The van der Waals surface area contributed by atoms with Crippen LogP contribution in [0, 0.1) is 5.41 Å². The minimum atomic E-state index is -1.01. The van der Waals surface area contributed by atoms with Crippen molar-refractivity contribution in [2.24, 2.45) is 5.41 Å². The van der Waals surface area contributed by atoms with Gasteiger partial charge in [-0.05, 0) is 37.1 Å². The molecular formula is C22H20O4. The normalized spacial score (nSPS) is 36.2. The second-order valence-electron chi connectivity index (χ2n) is 8.04. The van der Waals surface area contributed by atoms with Crippen molar-refractivity contribution in [3.05, 3.63) is 64.7 Å². The molecule has 26 heavy (non-hydrogen) atoms. The number of hydrogen-bond donors (Lipinski definition) is 0. The maximum atomic E-state index is 13.7. The highest BCUT2D eigenvalue weighted by molar-refractivity contribution is 6.11. The minimum Gasteiger partial charge on any atom is -0.497 e. The van der Waals surface area contributed by atoms with Gasteiger partial charge in [0.25, 0.3) is 0 Å². The molecule has 2 heterocycles. The first-order chi connectivity index (χ1) is 12.3. The summed E-state index contributed by atoms with van der Waals surface area (Å²) in [6.45, 7) is 5.89. The van der Waals surface area contributed by atoms with Gasteiger partial charge in [0, 0.05) is 16.5 Å². The lowest BCUT2D eigenvalue weighted by Crippen LogP contribution is -2.68. The third-order valence-electron chi connectivity index (χ3n) is 7.38. The van der Waals surface area contributed by atoms with E-state index in [-0.39, 0.29) is 11.8 Å². The molecular weight excluding hydrogens is 328 g/mol. The molecule has 4 nitrogen and oxygen atoms in total. The zero-order chi connectivity index (χ0) is 18.5. The largest absolute Gasteiger partial charge is 0.497 e. The fourth-order valence-electron chi connectivity index (χ4n) is 5.77. The monoisotopic (exact) mass is 348 g/mol. The van der Waals surface area contributed by atoms with Gasteiger partial charge in [0.05, 0.1) is 18.4 Å². The van der Waals surface area contributed by atoms with Crippen molar-refractivity contribution < 1.29 is 19.1 Å². The number of ketones is 1. The Bertz CT molecular complexity index is 1010. The van der Waals surface area contributed by atoms with E-state index in [2.05, 4.69) is 0 Å². The van der Waals surface area contributed by atoms with E-state index in [1.165, 1.54) is 0 Å². The number of ether oxygens (including phenoxy) is 2. The third kappa shape index (κ3) is 1.31. The fourth-order valence-corrected chi connectivity index (χ4v) is 5.77. The van der Waals surface area contributed by atoms with E-state index in [4.69, 9.17) is 9.47 Å². The van der Waals surface area contributed by atoms with Gasteiger partial charge < -0.3 is 9.47 Å². The summed E-state index contributed by atoms with van der Waals surface area (Å²) in [5, 5.41) is 0. The molecule has 1 saturated heterocycles. The first-order valence-corrected chi connectivity index (χ1v) is 8.86. The Morgan fingerprint density at radius 3 is 2.46 bits per heavy atom. The zero-order valence-electron chi connectivity index (χ0n) is 15.3. The van der Waals surface area contributed by atoms with Crippen LogP contribution in [0.2, 0.25) is 0 Å². The van der Waals surface area contributed by atoms with E-state index in [9.17, 15) is 9.59 Å². The Balaban J connectivity index is 1.91. The molecule has 6 rings (SSSR count). The van der Waals surface area contributed by atoms with Crippen molar-refractivity contribution in [3.63, 3.8) is 0 Å². The fraction of sp³-hybridized carbons (Fsp3) is 0.364. The standard InChI is InChI=1S/C22H20O4/c1-20-15-10-9-12(25-4)11-14(15)18(23)21(20,2)22(3)16-8-6-5-7-13(16)17(20)19(24)26-22/h5-11,17H,1-4H3/t17-,20-,21-,22-/m0/s1. The van der Waals surface area contributed by atoms with Crippen LogP contribution in [0.4, 0.5) is 0 Å². The van der Waals surface area contributed by atoms with Crippen molar-refractivity contribution in [1.82, 2.24) is 0 Å². The summed E-state index contributed by atoms with van der Waals surface area (Å²) in [6, 6.07) is 13.5. The number of fused-ring (bicyclic) bond motifs is 2. The van der Waals surface area contributed by atoms with E-state index in [1.807, 2.05) is 57.2 Å². The van der Waals surface area contributed by atoms with Crippen molar-refractivity contribution in [2.75, 3.05) is 7.11 Å². The zero-order valence-corrected chi connectivity index (χ0v) is 15.3. The van der Waals surface area contributed by atoms with Gasteiger partial charge in [-0.15, -0.1) is 0 Å². The van der Waals surface area contributed by atoms with Gasteiger partial charge in [-0.3, -0.25) is 9.59 Å². The molecule has 4 heteroatoms. The quantitative estimate of drug-likeness (QED) is 0.737. The molecule has 0 unspecified atom stereocenters. The topological polar surface area (TPSA) is 52.6 Å². The number of hydrogen-bond acceptors (Lipinski definition) is 4. The van der Waals surface area contributed by atoms with Crippen molar-refractivity contribution >= 4 is 11.8 Å². The molecule has 2 aromatic rings. The number of esters is 1. The summed E-state index contributed by atoms with van der Waals surface area (Å²) in [5.41, 5.74) is 0.921. The van der Waals surface area contributed by atoms with E-state index >= 15 is 0 Å². The molecule has 4 atom stereocenters. The van der Waals surface area contributed by atoms with Crippen LogP contribution in [0.3, 0.4) is 0 Å². The summed E-state index contributed by atoms with van der Waals surface area (Å²) in [5.74, 6) is -0.0830. The molecule has 0 N–H and O–H groups in total. The summed E-state index contributed by atoms with van der Waals surface area (Å²) < 4.78 is 11.3. The van der Waals surface area contributed by atoms with Gasteiger partial charge in [-0.1, -0.05) is 37.3 Å². The summed E-state index contributed by atoms with van der Waals surface area (Å²) in [6.07, 6.45) is 0.